The number of aryl methyl sites for hydroxylation is 2. The third-order valence-corrected chi connectivity index (χ3v) is 4.58. The first-order valence-electron chi connectivity index (χ1n) is 6.99. The van der Waals surface area contributed by atoms with Gasteiger partial charge in [-0.15, -0.1) is 11.8 Å². The SMILES string of the molecule is CCc1ccc(CC(O)CSc2ccccc2C)nc1. The summed E-state index contributed by atoms with van der Waals surface area (Å²) < 4.78 is 0. The molecule has 3 heteroatoms. The first-order chi connectivity index (χ1) is 9.69. The Kier molecular flexibility index (Phi) is 5.62. The molecule has 1 aromatic heterocycles. The van der Waals surface area contributed by atoms with E-state index in [1.807, 2.05) is 24.4 Å². The Morgan fingerprint density at radius 3 is 2.65 bits per heavy atom. The molecule has 1 aromatic carbocycles. The molecule has 0 fully saturated rings. The zero-order valence-corrected chi connectivity index (χ0v) is 12.9. The van der Waals surface area contributed by atoms with Crippen molar-refractivity contribution in [3.05, 3.63) is 59.4 Å². The summed E-state index contributed by atoms with van der Waals surface area (Å²) in [7, 11) is 0. The van der Waals surface area contributed by atoms with Gasteiger partial charge >= 0.3 is 0 Å². The van der Waals surface area contributed by atoms with Crippen LogP contribution in [0.25, 0.3) is 0 Å². The highest BCUT2D eigenvalue weighted by molar-refractivity contribution is 7.99. The Balaban J connectivity index is 1.86. The third kappa shape index (κ3) is 4.36. The fourth-order valence-corrected chi connectivity index (χ4v) is 2.95. The van der Waals surface area contributed by atoms with Gasteiger partial charge in [-0.25, -0.2) is 0 Å². The number of rotatable bonds is 6. The van der Waals surface area contributed by atoms with E-state index < -0.39 is 0 Å². The molecule has 20 heavy (non-hydrogen) atoms. The van der Waals surface area contributed by atoms with Crippen molar-refractivity contribution in [2.24, 2.45) is 0 Å². The number of aliphatic hydroxyl groups is 1. The van der Waals surface area contributed by atoms with Crippen LogP contribution in [0.1, 0.15) is 23.7 Å². The van der Waals surface area contributed by atoms with Crippen molar-refractivity contribution in [3.63, 3.8) is 0 Å². The largest absolute Gasteiger partial charge is 0.392 e. The van der Waals surface area contributed by atoms with Crippen molar-refractivity contribution in [2.75, 3.05) is 5.75 Å². The summed E-state index contributed by atoms with van der Waals surface area (Å²) >= 11 is 1.70. The summed E-state index contributed by atoms with van der Waals surface area (Å²) in [6.07, 6.45) is 3.15. The molecule has 0 saturated heterocycles. The van der Waals surface area contributed by atoms with E-state index in [9.17, 15) is 5.11 Å². The van der Waals surface area contributed by atoms with Gasteiger partial charge in [-0.3, -0.25) is 4.98 Å². The van der Waals surface area contributed by atoms with Crippen LogP contribution >= 0.6 is 11.8 Å². The fraction of sp³-hybridized carbons (Fsp3) is 0.353. The van der Waals surface area contributed by atoms with Gasteiger partial charge < -0.3 is 5.11 Å². The summed E-state index contributed by atoms with van der Waals surface area (Å²) in [5.41, 5.74) is 3.45. The van der Waals surface area contributed by atoms with Crippen LogP contribution in [0.15, 0.2) is 47.5 Å². The lowest BCUT2D eigenvalue weighted by atomic mass is 10.1. The minimum Gasteiger partial charge on any atom is -0.392 e. The van der Waals surface area contributed by atoms with Gasteiger partial charge in [0.2, 0.25) is 0 Å². The van der Waals surface area contributed by atoms with Crippen molar-refractivity contribution in [2.45, 2.75) is 37.7 Å². The van der Waals surface area contributed by atoms with Crippen molar-refractivity contribution in [1.29, 1.82) is 0 Å². The highest BCUT2D eigenvalue weighted by atomic mass is 32.2. The van der Waals surface area contributed by atoms with E-state index in [0.29, 0.717) is 12.2 Å². The highest BCUT2D eigenvalue weighted by Crippen LogP contribution is 2.23. The van der Waals surface area contributed by atoms with Gasteiger partial charge in [0.05, 0.1) is 6.10 Å². The molecule has 0 bridgehead atoms. The molecule has 0 spiro atoms. The monoisotopic (exact) mass is 287 g/mol. The lowest BCUT2D eigenvalue weighted by Crippen LogP contribution is -2.14. The van der Waals surface area contributed by atoms with E-state index in [1.165, 1.54) is 16.0 Å². The second-order valence-electron chi connectivity index (χ2n) is 4.95. The van der Waals surface area contributed by atoms with Gasteiger partial charge in [-0.05, 0) is 36.6 Å². The highest BCUT2D eigenvalue weighted by Gasteiger charge is 2.08. The molecule has 2 aromatic rings. The minimum atomic E-state index is -0.361. The van der Waals surface area contributed by atoms with Crippen LogP contribution in [0.5, 0.6) is 0 Å². The summed E-state index contributed by atoms with van der Waals surface area (Å²) in [6, 6.07) is 12.4. The normalized spacial score (nSPS) is 12.3. The number of pyridine rings is 1. The summed E-state index contributed by atoms with van der Waals surface area (Å²) in [4.78, 5) is 5.63. The van der Waals surface area contributed by atoms with E-state index >= 15 is 0 Å². The molecule has 1 heterocycles. The topological polar surface area (TPSA) is 33.1 Å². The van der Waals surface area contributed by atoms with E-state index in [1.54, 1.807) is 11.8 Å². The van der Waals surface area contributed by atoms with Gasteiger partial charge in [0.1, 0.15) is 0 Å². The van der Waals surface area contributed by atoms with Gasteiger partial charge in [0.25, 0.3) is 0 Å². The summed E-state index contributed by atoms with van der Waals surface area (Å²) in [5, 5.41) is 10.1. The average molecular weight is 287 g/mol. The zero-order valence-electron chi connectivity index (χ0n) is 12.0. The Labute approximate surface area is 125 Å². The second-order valence-corrected chi connectivity index (χ2v) is 6.01. The molecule has 1 unspecified atom stereocenters. The number of thioether (sulfide) groups is 1. The maximum atomic E-state index is 10.1. The Morgan fingerprint density at radius 2 is 2.00 bits per heavy atom. The molecular formula is C17H21NOS. The molecule has 0 aliphatic rings. The van der Waals surface area contributed by atoms with Crippen molar-refractivity contribution >= 4 is 11.8 Å². The van der Waals surface area contributed by atoms with Crippen LogP contribution in [0.4, 0.5) is 0 Å². The maximum Gasteiger partial charge on any atom is 0.0689 e. The number of hydrogen-bond donors (Lipinski definition) is 1. The Morgan fingerprint density at radius 1 is 1.20 bits per heavy atom. The van der Waals surface area contributed by atoms with Crippen LogP contribution in [-0.2, 0) is 12.8 Å². The molecule has 0 saturated carbocycles. The number of benzene rings is 1. The molecule has 0 aliphatic carbocycles. The second kappa shape index (κ2) is 7.46. The van der Waals surface area contributed by atoms with Crippen LogP contribution in [0.3, 0.4) is 0 Å². The van der Waals surface area contributed by atoms with Crippen LogP contribution in [-0.4, -0.2) is 21.9 Å². The molecule has 2 nitrogen and oxygen atoms in total. The Hall–Kier alpha value is -1.32. The molecule has 0 amide bonds. The van der Waals surface area contributed by atoms with E-state index in [2.05, 4.69) is 37.0 Å². The molecule has 106 valence electrons. The molecule has 2 rings (SSSR count). The molecular weight excluding hydrogens is 266 g/mol. The number of aliphatic hydroxyl groups excluding tert-OH is 1. The third-order valence-electron chi connectivity index (χ3n) is 3.26. The molecule has 1 N–H and O–H groups in total. The van der Waals surface area contributed by atoms with Crippen molar-refractivity contribution < 1.29 is 5.11 Å². The van der Waals surface area contributed by atoms with Gasteiger partial charge in [-0.1, -0.05) is 31.2 Å². The van der Waals surface area contributed by atoms with E-state index in [4.69, 9.17) is 0 Å². The van der Waals surface area contributed by atoms with Gasteiger partial charge in [0.15, 0.2) is 0 Å². The number of nitrogens with zero attached hydrogens (tertiary/aromatic N) is 1. The smallest absolute Gasteiger partial charge is 0.0689 e. The molecule has 0 radical (unpaired) electrons. The summed E-state index contributed by atoms with van der Waals surface area (Å²) in [5.74, 6) is 0.696. The van der Waals surface area contributed by atoms with Crippen molar-refractivity contribution in [1.82, 2.24) is 4.98 Å². The first-order valence-corrected chi connectivity index (χ1v) is 7.98. The molecule has 0 aliphatic heterocycles. The van der Waals surface area contributed by atoms with Crippen LogP contribution in [0, 0.1) is 6.92 Å². The number of hydrogen-bond acceptors (Lipinski definition) is 3. The first kappa shape index (κ1) is 15.1. The summed E-state index contributed by atoms with van der Waals surface area (Å²) in [6.45, 7) is 4.21. The van der Waals surface area contributed by atoms with Gasteiger partial charge in [-0.2, -0.15) is 0 Å². The quantitative estimate of drug-likeness (QED) is 0.823. The van der Waals surface area contributed by atoms with E-state index in [-0.39, 0.29) is 6.10 Å². The minimum absolute atomic E-state index is 0.361. The maximum absolute atomic E-state index is 10.1. The van der Waals surface area contributed by atoms with Gasteiger partial charge in [0, 0.05) is 29.0 Å². The lowest BCUT2D eigenvalue weighted by Gasteiger charge is -2.11. The van der Waals surface area contributed by atoms with Crippen molar-refractivity contribution in [3.8, 4) is 0 Å². The predicted octanol–water partition coefficient (Wildman–Crippen LogP) is 3.65. The Bertz CT molecular complexity index is 539. The van der Waals surface area contributed by atoms with Crippen LogP contribution in [0.2, 0.25) is 0 Å². The zero-order chi connectivity index (χ0) is 14.4. The lowest BCUT2D eigenvalue weighted by molar-refractivity contribution is 0.199. The number of aromatic nitrogens is 1. The van der Waals surface area contributed by atoms with Crippen LogP contribution < -0.4 is 0 Å². The standard InChI is InChI=1S/C17H21NOS/c1-3-14-8-9-15(18-11-14)10-16(19)12-20-17-7-5-4-6-13(17)2/h4-9,11,16,19H,3,10,12H2,1-2H3. The predicted molar refractivity (Wildman–Crippen MR) is 85.2 cm³/mol. The fourth-order valence-electron chi connectivity index (χ4n) is 1.99. The average Bonchev–Trinajstić information content (AvgIpc) is 2.47. The molecule has 1 atom stereocenters. The van der Waals surface area contributed by atoms with E-state index in [0.717, 1.165) is 12.1 Å².